The predicted octanol–water partition coefficient (Wildman–Crippen LogP) is 4.18. The molecule has 26 heavy (non-hydrogen) atoms. The van der Waals surface area contributed by atoms with E-state index in [1.54, 1.807) is 13.1 Å². The molecule has 0 saturated heterocycles. The number of carbonyl (C=O) groups is 1. The Bertz CT molecular complexity index is 743. The molecule has 0 fully saturated rings. The van der Waals surface area contributed by atoms with Crippen LogP contribution in [0.5, 0.6) is 5.75 Å². The largest absolute Gasteiger partial charge is 0.493 e. The Kier molecular flexibility index (Phi) is 8.08. The van der Waals surface area contributed by atoms with E-state index < -0.39 is 0 Å². The lowest BCUT2D eigenvalue weighted by atomic mass is 10.1. The number of benzene rings is 1. The summed E-state index contributed by atoms with van der Waals surface area (Å²) in [7, 11) is 0. The second-order valence-electron chi connectivity index (χ2n) is 5.72. The average molecular weight is 375 g/mol. The Labute approximate surface area is 158 Å². The maximum atomic E-state index is 11.4. The van der Waals surface area contributed by atoms with Gasteiger partial charge in [-0.2, -0.15) is 5.10 Å². The molecule has 0 amide bonds. The van der Waals surface area contributed by atoms with Gasteiger partial charge in [0, 0.05) is 5.38 Å². The van der Waals surface area contributed by atoms with Crippen LogP contribution in [0, 0.1) is 6.92 Å². The third-order valence-corrected chi connectivity index (χ3v) is 4.31. The molecule has 1 N–H and O–H groups in total. The molecule has 0 spiro atoms. The number of nitrogens with zero attached hydrogens (tertiary/aromatic N) is 2. The molecule has 0 atom stereocenters. The highest BCUT2D eigenvalue weighted by atomic mass is 32.1. The Balaban J connectivity index is 1.87. The maximum absolute atomic E-state index is 11.4. The lowest BCUT2D eigenvalue weighted by molar-refractivity contribution is -0.142. The number of carbonyl (C=O) groups excluding carboxylic acids is 1. The van der Waals surface area contributed by atoms with Crippen LogP contribution in [0.15, 0.2) is 28.7 Å². The zero-order valence-corrected chi connectivity index (χ0v) is 16.3. The molecule has 2 rings (SSSR count). The zero-order valence-electron chi connectivity index (χ0n) is 15.4. The SMILES string of the molecule is CCCCOc1ccc(C=NNc2nc(CC(=O)OCC)cs2)cc1C. The number of rotatable bonds is 10. The monoisotopic (exact) mass is 375 g/mol. The summed E-state index contributed by atoms with van der Waals surface area (Å²) in [6.45, 7) is 7.07. The first-order chi connectivity index (χ1) is 12.6. The van der Waals surface area contributed by atoms with E-state index >= 15 is 0 Å². The smallest absolute Gasteiger partial charge is 0.311 e. The van der Waals surface area contributed by atoms with E-state index in [0.717, 1.165) is 36.3 Å². The van der Waals surface area contributed by atoms with Gasteiger partial charge in [0.1, 0.15) is 5.75 Å². The fourth-order valence-corrected chi connectivity index (χ4v) is 2.86. The summed E-state index contributed by atoms with van der Waals surface area (Å²) in [5.41, 5.74) is 5.62. The van der Waals surface area contributed by atoms with Crippen molar-refractivity contribution in [3.05, 3.63) is 40.4 Å². The van der Waals surface area contributed by atoms with Crippen LogP contribution >= 0.6 is 11.3 Å². The molecular weight excluding hydrogens is 350 g/mol. The van der Waals surface area contributed by atoms with Gasteiger partial charge < -0.3 is 9.47 Å². The number of hydrogen-bond donors (Lipinski definition) is 1. The van der Waals surface area contributed by atoms with E-state index in [4.69, 9.17) is 9.47 Å². The number of nitrogens with one attached hydrogen (secondary N) is 1. The first-order valence-electron chi connectivity index (χ1n) is 8.75. The number of hydrazone groups is 1. The molecule has 0 aliphatic heterocycles. The predicted molar refractivity (Wildman–Crippen MR) is 105 cm³/mol. The Morgan fingerprint density at radius 2 is 2.23 bits per heavy atom. The molecule has 6 nitrogen and oxygen atoms in total. The minimum atomic E-state index is -0.274. The van der Waals surface area contributed by atoms with Crippen LogP contribution in [-0.2, 0) is 16.0 Å². The number of ether oxygens (including phenoxy) is 2. The second kappa shape index (κ2) is 10.6. The first kappa shape index (κ1) is 19.9. The average Bonchev–Trinajstić information content (AvgIpc) is 3.04. The van der Waals surface area contributed by atoms with Crippen LogP contribution in [0.1, 0.15) is 43.5 Å². The van der Waals surface area contributed by atoms with Crippen molar-refractivity contribution in [2.75, 3.05) is 18.6 Å². The Morgan fingerprint density at radius 1 is 1.38 bits per heavy atom. The summed E-state index contributed by atoms with van der Waals surface area (Å²) < 4.78 is 10.7. The van der Waals surface area contributed by atoms with Gasteiger partial charge in [0.25, 0.3) is 0 Å². The number of esters is 1. The first-order valence-corrected chi connectivity index (χ1v) is 9.62. The van der Waals surface area contributed by atoms with Crippen molar-refractivity contribution in [3.63, 3.8) is 0 Å². The summed E-state index contributed by atoms with van der Waals surface area (Å²) in [5, 5.41) is 6.66. The van der Waals surface area contributed by atoms with Crippen LogP contribution in [0.4, 0.5) is 5.13 Å². The van der Waals surface area contributed by atoms with Gasteiger partial charge in [0.15, 0.2) is 0 Å². The quantitative estimate of drug-likeness (QED) is 0.292. The maximum Gasteiger partial charge on any atom is 0.311 e. The molecule has 2 aromatic rings. The molecule has 0 aliphatic carbocycles. The van der Waals surface area contributed by atoms with Gasteiger partial charge >= 0.3 is 5.97 Å². The van der Waals surface area contributed by atoms with Crippen molar-refractivity contribution in [1.82, 2.24) is 4.98 Å². The van der Waals surface area contributed by atoms with Crippen LogP contribution in [0.25, 0.3) is 0 Å². The molecule has 1 aromatic heterocycles. The third-order valence-electron chi connectivity index (χ3n) is 3.51. The van der Waals surface area contributed by atoms with Crippen molar-refractivity contribution in [1.29, 1.82) is 0 Å². The molecular formula is C19H25N3O3S. The van der Waals surface area contributed by atoms with Crippen molar-refractivity contribution < 1.29 is 14.3 Å². The molecule has 1 heterocycles. The number of unbranched alkanes of at least 4 members (excludes halogenated alkanes) is 1. The highest BCUT2D eigenvalue weighted by Gasteiger charge is 2.08. The molecule has 0 saturated carbocycles. The van der Waals surface area contributed by atoms with E-state index in [1.807, 2.05) is 30.5 Å². The van der Waals surface area contributed by atoms with Crippen molar-refractivity contribution >= 4 is 28.7 Å². The number of aromatic nitrogens is 1. The summed E-state index contributed by atoms with van der Waals surface area (Å²) in [6.07, 6.45) is 4.08. The molecule has 0 radical (unpaired) electrons. The highest BCUT2D eigenvalue weighted by Crippen LogP contribution is 2.19. The summed E-state index contributed by atoms with van der Waals surface area (Å²) in [5.74, 6) is 0.636. The van der Waals surface area contributed by atoms with E-state index in [2.05, 4.69) is 22.4 Å². The van der Waals surface area contributed by atoms with Crippen molar-refractivity contribution in [3.8, 4) is 5.75 Å². The minimum absolute atomic E-state index is 0.175. The normalized spacial score (nSPS) is 10.9. The number of aryl methyl sites for hydroxylation is 1. The summed E-state index contributed by atoms with van der Waals surface area (Å²) in [4.78, 5) is 15.8. The highest BCUT2D eigenvalue weighted by molar-refractivity contribution is 7.13. The Morgan fingerprint density at radius 3 is 2.96 bits per heavy atom. The van der Waals surface area contributed by atoms with E-state index in [-0.39, 0.29) is 12.4 Å². The van der Waals surface area contributed by atoms with Gasteiger partial charge in [-0.25, -0.2) is 4.98 Å². The molecule has 1 aromatic carbocycles. The third kappa shape index (κ3) is 6.48. The van der Waals surface area contributed by atoms with Crippen LogP contribution in [0.3, 0.4) is 0 Å². The Hall–Kier alpha value is -2.41. The lowest BCUT2D eigenvalue weighted by Gasteiger charge is -2.08. The molecule has 0 unspecified atom stereocenters. The molecule has 0 aliphatic rings. The minimum Gasteiger partial charge on any atom is -0.493 e. The van der Waals surface area contributed by atoms with Gasteiger partial charge in [-0.1, -0.05) is 13.3 Å². The van der Waals surface area contributed by atoms with Gasteiger partial charge in [0.2, 0.25) is 5.13 Å². The zero-order chi connectivity index (χ0) is 18.8. The molecule has 7 heteroatoms. The standard InChI is InChI=1S/C19H25N3O3S/c1-4-6-9-25-17-8-7-15(10-14(17)3)12-20-22-19-21-16(13-26-19)11-18(23)24-5-2/h7-8,10,12-13H,4-6,9,11H2,1-3H3,(H,21,22). The number of hydrogen-bond acceptors (Lipinski definition) is 7. The second-order valence-corrected chi connectivity index (χ2v) is 6.58. The summed E-state index contributed by atoms with van der Waals surface area (Å²) in [6, 6.07) is 5.96. The number of thiazole rings is 1. The van der Waals surface area contributed by atoms with Crippen molar-refractivity contribution in [2.24, 2.45) is 5.10 Å². The fraction of sp³-hybridized carbons (Fsp3) is 0.421. The topological polar surface area (TPSA) is 72.8 Å². The van der Waals surface area contributed by atoms with Gasteiger partial charge in [0.05, 0.1) is 31.5 Å². The van der Waals surface area contributed by atoms with Crippen molar-refractivity contribution in [2.45, 2.75) is 40.0 Å². The fourth-order valence-electron chi connectivity index (χ4n) is 2.20. The van der Waals surface area contributed by atoms with Crippen LogP contribution in [-0.4, -0.2) is 30.4 Å². The lowest BCUT2D eigenvalue weighted by Crippen LogP contribution is -2.07. The van der Waals surface area contributed by atoms with E-state index in [1.165, 1.54) is 11.3 Å². The van der Waals surface area contributed by atoms with Gasteiger partial charge in [-0.3, -0.25) is 10.2 Å². The van der Waals surface area contributed by atoms with E-state index in [9.17, 15) is 4.79 Å². The number of anilines is 1. The van der Waals surface area contributed by atoms with Crippen LogP contribution in [0.2, 0.25) is 0 Å². The van der Waals surface area contributed by atoms with E-state index in [0.29, 0.717) is 17.4 Å². The van der Waals surface area contributed by atoms with Gasteiger partial charge in [-0.15, -0.1) is 11.3 Å². The molecule has 0 bridgehead atoms. The van der Waals surface area contributed by atoms with Gasteiger partial charge in [-0.05, 0) is 49.6 Å². The molecule has 140 valence electrons. The summed E-state index contributed by atoms with van der Waals surface area (Å²) >= 11 is 1.40. The van der Waals surface area contributed by atoms with Crippen LogP contribution < -0.4 is 10.2 Å².